The van der Waals surface area contributed by atoms with Crippen LogP contribution in [0.5, 0.6) is 5.88 Å². The lowest BCUT2D eigenvalue weighted by Gasteiger charge is -2.17. The van der Waals surface area contributed by atoms with Gasteiger partial charge in [-0.25, -0.2) is 4.79 Å². The fourth-order valence-electron chi connectivity index (χ4n) is 3.74. The smallest absolute Gasteiger partial charge is 0.331 e. The van der Waals surface area contributed by atoms with Gasteiger partial charge < -0.3 is 5.11 Å². The van der Waals surface area contributed by atoms with E-state index in [4.69, 9.17) is 0 Å². The summed E-state index contributed by atoms with van der Waals surface area (Å²) in [6.45, 7) is 2.22. The largest absolute Gasteiger partial charge is 0.494 e. The molecule has 1 aliphatic rings. The van der Waals surface area contributed by atoms with Gasteiger partial charge in [0.2, 0.25) is 5.88 Å². The van der Waals surface area contributed by atoms with Crippen LogP contribution in [0.4, 0.5) is 11.4 Å². The van der Waals surface area contributed by atoms with E-state index < -0.39 is 22.1 Å². The molecule has 0 bridgehead atoms. The number of hydrogen-bond donors (Lipinski definition) is 2. The quantitative estimate of drug-likeness (QED) is 0.411. The van der Waals surface area contributed by atoms with E-state index in [9.17, 15) is 24.8 Å². The SMILES string of the molecule is CCCCn1c(O)c(C2=Nc3ccccc3S[C@H](c3cccc([N+](=O)[O-])c3)C2)c(=O)[nH]c1=O. The number of aromatic nitrogens is 2. The number of nitrogens with zero attached hydrogens (tertiary/aromatic N) is 3. The van der Waals surface area contributed by atoms with Gasteiger partial charge in [-0.05, 0) is 24.1 Å². The normalized spacial score (nSPS) is 15.4. The number of aromatic hydroxyl groups is 1. The Morgan fingerprint density at radius 2 is 2.03 bits per heavy atom. The number of unbranched alkanes of at least 4 members (excludes halogenated alkanes) is 1. The summed E-state index contributed by atoms with van der Waals surface area (Å²) in [5.41, 5.74) is 0.161. The van der Waals surface area contributed by atoms with E-state index >= 15 is 0 Å². The Bertz CT molecular complexity index is 1360. The van der Waals surface area contributed by atoms with E-state index in [1.807, 2.05) is 25.1 Å². The average Bonchev–Trinajstić information content (AvgIpc) is 2.98. The van der Waals surface area contributed by atoms with Crippen LogP contribution < -0.4 is 11.2 Å². The van der Waals surface area contributed by atoms with E-state index in [1.165, 1.54) is 23.9 Å². The summed E-state index contributed by atoms with van der Waals surface area (Å²) in [4.78, 5) is 43.8. The van der Waals surface area contributed by atoms with E-state index in [2.05, 4.69) is 9.98 Å². The van der Waals surface area contributed by atoms with Crippen molar-refractivity contribution in [3.63, 3.8) is 0 Å². The van der Waals surface area contributed by atoms with Gasteiger partial charge in [-0.1, -0.05) is 37.6 Å². The summed E-state index contributed by atoms with van der Waals surface area (Å²) in [5.74, 6) is -0.418. The fraction of sp³-hybridized carbons (Fsp3) is 0.261. The molecule has 33 heavy (non-hydrogen) atoms. The molecule has 9 nitrogen and oxygen atoms in total. The van der Waals surface area contributed by atoms with Gasteiger partial charge in [0.15, 0.2) is 0 Å². The van der Waals surface area contributed by atoms with Gasteiger partial charge in [0.05, 0.1) is 16.3 Å². The lowest BCUT2D eigenvalue weighted by atomic mass is 10.0. The van der Waals surface area contributed by atoms with Gasteiger partial charge in [-0.15, -0.1) is 11.8 Å². The van der Waals surface area contributed by atoms with Crippen LogP contribution in [0.15, 0.2) is 68.0 Å². The molecule has 2 N–H and O–H groups in total. The molecule has 1 atom stereocenters. The first kappa shape index (κ1) is 22.5. The highest BCUT2D eigenvalue weighted by Gasteiger charge is 2.28. The van der Waals surface area contributed by atoms with Crippen molar-refractivity contribution in [2.45, 2.75) is 42.9 Å². The number of nitro benzene ring substituents is 1. The number of nitrogens with one attached hydrogen (secondary N) is 1. The minimum atomic E-state index is -0.717. The molecule has 4 rings (SSSR count). The second-order valence-corrected chi connectivity index (χ2v) is 8.90. The zero-order valence-corrected chi connectivity index (χ0v) is 18.7. The van der Waals surface area contributed by atoms with Gasteiger partial charge in [-0.3, -0.25) is 29.5 Å². The lowest BCUT2D eigenvalue weighted by Crippen LogP contribution is -2.34. The molecule has 0 spiro atoms. The van der Waals surface area contributed by atoms with Gasteiger partial charge in [0.1, 0.15) is 5.56 Å². The Labute approximate surface area is 193 Å². The maximum absolute atomic E-state index is 12.8. The zero-order valence-electron chi connectivity index (χ0n) is 17.9. The standard InChI is InChI=1S/C23H22N4O5S/c1-2-3-11-26-22(29)20(21(28)25-23(26)30)17-13-19(14-7-6-8-15(12-14)27(31)32)33-18-10-5-4-9-16(18)24-17/h4-10,12,19,29H,2-3,11,13H2,1H3,(H,25,28,30)/t19-/m0/s1. The van der Waals surface area contributed by atoms with Crippen molar-refractivity contribution in [1.29, 1.82) is 0 Å². The highest BCUT2D eigenvalue weighted by molar-refractivity contribution is 7.99. The predicted molar refractivity (Wildman–Crippen MR) is 127 cm³/mol. The minimum Gasteiger partial charge on any atom is -0.494 e. The summed E-state index contributed by atoms with van der Waals surface area (Å²) < 4.78 is 1.15. The first-order valence-corrected chi connectivity index (χ1v) is 11.4. The number of hydrogen-bond acceptors (Lipinski definition) is 7. The minimum absolute atomic E-state index is 0.0297. The third-order valence-electron chi connectivity index (χ3n) is 5.42. The number of non-ortho nitro benzene ring substituents is 1. The van der Waals surface area contributed by atoms with Crippen LogP contribution in [0.1, 0.15) is 42.6 Å². The Hall–Kier alpha value is -3.66. The molecule has 0 fully saturated rings. The zero-order chi connectivity index (χ0) is 23.5. The summed E-state index contributed by atoms with van der Waals surface area (Å²) in [7, 11) is 0. The molecular formula is C23H22N4O5S. The molecule has 0 aliphatic carbocycles. The molecule has 2 heterocycles. The number of H-pyrrole nitrogens is 1. The number of rotatable bonds is 6. The molecule has 0 radical (unpaired) electrons. The first-order chi connectivity index (χ1) is 15.9. The number of para-hydroxylation sites is 1. The van der Waals surface area contributed by atoms with Crippen molar-refractivity contribution in [2.75, 3.05) is 0 Å². The van der Waals surface area contributed by atoms with Crippen LogP contribution in [0.25, 0.3) is 0 Å². The molecule has 2 aromatic carbocycles. The van der Waals surface area contributed by atoms with Crippen LogP contribution in [0.3, 0.4) is 0 Å². The van der Waals surface area contributed by atoms with E-state index in [0.717, 1.165) is 15.9 Å². The monoisotopic (exact) mass is 466 g/mol. The second-order valence-electron chi connectivity index (χ2n) is 7.65. The molecule has 0 saturated heterocycles. The first-order valence-electron chi connectivity index (χ1n) is 10.5. The Balaban J connectivity index is 1.87. The molecule has 1 aliphatic heterocycles. The van der Waals surface area contributed by atoms with Gasteiger partial charge in [0, 0.05) is 35.2 Å². The van der Waals surface area contributed by atoms with Crippen molar-refractivity contribution in [1.82, 2.24) is 9.55 Å². The predicted octanol–water partition coefficient (Wildman–Crippen LogP) is 4.31. The van der Waals surface area contributed by atoms with Crippen LogP contribution >= 0.6 is 11.8 Å². The van der Waals surface area contributed by atoms with Crippen LogP contribution in [0.2, 0.25) is 0 Å². The second kappa shape index (κ2) is 9.45. The summed E-state index contributed by atoms with van der Waals surface area (Å²) >= 11 is 1.48. The van der Waals surface area contributed by atoms with Gasteiger partial charge >= 0.3 is 5.69 Å². The van der Waals surface area contributed by atoms with Crippen molar-refractivity contribution in [3.05, 3.63) is 90.6 Å². The highest BCUT2D eigenvalue weighted by Crippen LogP contribution is 2.46. The number of nitro groups is 1. The highest BCUT2D eigenvalue weighted by atomic mass is 32.2. The number of fused-ring (bicyclic) bond motifs is 1. The molecule has 0 saturated carbocycles. The van der Waals surface area contributed by atoms with Crippen LogP contribution in [-0.4, -0.2) is 25.3 Å². The maximum atomic E-state index is 12.8. The molecule has 0 amide bonds. The topological polar surface area (TPSA) is 131 Å². The molecule has 1 aromatic heterocycles. The van der Waals surface area contributed by atoms with Crippen molar-refractivity contribution >= 4 is 28.8 Å². The van der Waals surface area contributed by atoms with E-state index in [-0.39, 0.29) is 29.5 Å². The Morgan fingerprint density at radius 1 is 1.24 bits per heavy atom. The van der Waals surface area contributed by atoms with Crippen molar-refractivity contribution in [2.24, 2.45) is 4.99 Å². The number of aliphatic imine (C=N–C) groups is 1. The molecule has 3 aromatic rings. The molecular weight excluding hydrogens is 444 g/mol. The van der Waals surface area contributed by atoms with E-state index in [1.54, 1.807) is 18.2 Å². The van der Waals surface area contributed by atoms with Crippen molar-refractivity contribution in [3.8, 4) is 5.88 Å². The fourth-order valence-corrected chi connectivity index (χ4v) is 4.96. The van der Waals surface area contributed by atoms with Crippen molar-refractivity contribution < 1.29 is 10.0 Å². The molecule has 10 heteroatoms. The average molecular weight is 467 g/mol. The molecule has 170 valence electrons. The Kier molecular flexibility index (Phi) is 6.45. The number of benzene rings is 2. The summed E-state index contributed by atoms with van der Waals surface area (Å²) in [5, 5.41) is 21.9. The summed E-state index contributed by atoms with van der Waals surface area (Å²) in [6.07, 6.45) is 1.68. The van der Waals surface area contributed by atoms with E-state index in [0.29, 0.717) is 23.4 Å². The van der Waals surface area contributed by atoms with Gasteiger partial charge in [0.25, 0.3) is 11.2 Å². The maximum Gasteiger partial charge on any atom is 0.331 e. The van der Waals surface area contributed by atoms with Gasteiger partial charge in [-0.2, -0.15) is 0 Å². The Morgan fingerprint density at radius 3 is 2.79 bits per heavy atom. The van der Waals surface area contributed by atoms with Crippen LogP contribution in [0, 0.1) is 10.1 Å². The number of thioether (sulfide) groups is 1. The number of aromatic amines is 1. The lowest BCUT2D eigenvalue weighted by molar-refractivity contribution is -0.384. The summed E-state index contributed by atoms with van der Waals surface area (Å²) in [6, 6.07) is 13.7. The molecule has 0 unspecified atom stereocenters. The third-order valence-corrected chi connectivity index (χ3v) is 6.74. The van der Waals surface area contributed by atoms with Crippen LogP contribution in [-0.2, 0) is 6.54 Å². The third kappa shape index (κ3) is 4.61.